The minimum Gasteiger partial charge on any atom is -0.468 e. The molecule has 8 heteroatoms. The predicted molar refractivity (Wildman–Crippen MR) is 53.1 cm³/mol. The standard InChI is InChI=1S/C9H12N2O6/c1-15-7(12)4-5(8(13)16-2)10-11-6(4)9(14)17-3/h5,10-11H,1-3H3. The first-order valence-electron chi connectivity index (χ1n) is 4.57. The molecule has 0 spiro atoms. The molecule has 1 aliphatic rings. The second kappa shape index (κ2) is 5.30. The van der Waals surface area contributed by atoms with Gasteiger partial charge in [0.05, 0.1) is 26.9 Å². The molecule has 0 aromatic rings. The van der Waals surface area contributed by atoms with E-state index in [0.29, 0.717) is 0 Å². The molecule has 0 saturated carbocycles. The maximum absolute atomic E-state index is 11.5. The maximum Gasteiger partial charge on any atom is 0.356 e. The number of hydrogen-bond donors (Lipinski definition) is 2. The Balaban J connectivity index is 3.14. The van der Waals surface area contributed by atoms with E-state index < -0.39 is 23.9 Å². The second-order valence-electron chi connectivity index (χ2n) is 3.00. The number of hydrazine groups is 1. The molecule has 0 aromatic heterocycles. The summed E-state index contributed by atoms with van der Waals surface area (Å²) in [5.41, 5.74) is 4.48. The number of methoxy groups -OCH3 is 3. The lowest BCUT2D eigenvalue weighted by Crippen LogP contribution is -2.41. The van der Waals surface area contributed by atoms with Crippen molar-refractivity contribution in [2.24, 2.45) is 0 Å². The van der Waals surface area contributed by atoms with Gasteiger partial charge >= 0.3 is 17.9 Å². The predicted octanol–water partition coefficient (Wildman–Crippen LogP) is -1.76. The summed E-state index contributed by atoms with van der Waals surface area (Å²) >= 11 is 0. The van der Waals surface area contributed by atoms with Gasteiger partial charge in [-0.05, 0) is 0 Å². The van der Waals surface area contributed by atoms with Crippen LogP contribution in [-0.4, -0.2) is 45.3 Å². The summed E-state index contributed by atoms with van der Waals surface area (Å²) in [4.78, 5) is 34.2. The molecule has 0 amide bonds. The zero-order valence-electron chi connectivity index (χ0n) is 9.53. The van der Waals surface area contributed by atoms with E-state index in [1.807, 2.05) is 0 Å². The summed E-state index contributed by atoms with van der Waals surface area (Å²) in [5.74, 6) is -2.33. The highest BCUT2D eigenvalue weighted by molar-refractivity contribution is 6.06. The molecule has 94 valence electrons. The van der Waals surface area contributed by atoms with E-state index in [2.05, 4.69) is 25.1 Å². The van der Waals surface area contributed by atoms with Gasteiger partial charge in [0.25, 0.3) is 0 Å². The molecule has 1 aliphatic heterocycles. The number of hydrogen-bond acceptors (Lipinski definition) is 8. The lowest BCUT2D eigenvalue weighted by molar-refractivity contribution is -0.145. The lowest BCUT2D eigenvalue weighted by Gasteiger charge is -2.09. The maximum atomic E-state index is 11.5. The van der Waals surface area contributed by atoms with Crippen molar-refractivity contribution in [3.63, 3.8) is 0 Å². The summed E-state index contributed by atoms with van der Waals surface area (Å²) in [6.45, 7) is 0. The van der Waals surface area contributed by atoms with Crippen LogP contribution in [0.5, 0.6) is 0 Å². The quantitative estimate of drug-likeness (QED) is 0.444. The third-order valence-corrected chi connectivity index (χ3v) is 2.13. The molecule has 0 bridgehead atoms. The lowest BCUT2D eigenvalue weighted by atomic mass is 10.1. The first-order valence-corrected chi connectivity index (χ1v) is 4.57. The van der Waals surface area contributed by atoms with E-state index in [1.165, 1.54) is 0 Å². The Morgan fingerprint density at radius 1 is 1.00 bits per heavy atom. The highest BCUT2D eigenvalue weighted by atomic mass is 16.5. The van der Waals surface area contributed by atoms with Gasteiger partial charge in [-0.2, -0.15) is 0 Å². The van der Waals surface area contributed by atoms with Crippen LogP contribution in [-0.2, 0) is 28.6 Å². The molecule has 0 aromatic carbocycles. The van der Waals surface area contributed by atoms with Crippen molar-refractivity contribution in [1.29, 1.82) is 0 Å². The molecule has 2 N–H and O–H groups in total. The van der Waals surface area contributed by atoms with Crippen LogP contribution in [0.15, 0.2) is 11.3 Å². The highest BCUT2D eigenvalue weighted by Crippen LogP contribution is 2.16. The van der Waals surface area contributed by atoms with E-state index in [1.54, 1.807) is 0 Å². The van der Waals surface area contributed by atoms with E-state index in [-0.39, 0.29) is 11.3 Å². The third-order valence-electron chi connectivity index (χ3n) is 2.13. The number of carbonyl (C=O) groups excluding carboxylic acids is 3. The molecule has 1 rings (SSSR count). The van der Waals surface area contributed by atoms with Crippen molar-refractivity contribution in [3.05, 3.63) is 11.3 Å². The van der Waals surface area contributed by atoms with Crippen LogP contribution in [0.2, 0.25) is 0 Å². The fourth-order valence-electron chi connectivity index (χ4n) is 1.32. The van der Waals surface area contributed by atoms with Gasteiger partial charge in [-0.15, -0.1) is 0 Å². The Morgan fingerprint density at radius 2 is 1.59 bits per heavy atom. The molecule has 8 nitrogen and oxygen atoms in total. The van der Waals surface area contributed by atoms with Gasteiger partial charge in [-0.25, -0.2) is 19.8 Å². The Hall–Kier alpha value is -2.09. The van der Waals surface area contributed by atoms with Gasteiger partial charge in [-0.3, -0.25) is 0 Å². The van der Waals surface area contributed by atoms with Crippen LogP contribution in [0.25, 0.3) is 0 Å². The van der Waals surface area contributed by atoms with Crippen molar-refractivity contribution in [2.45, 2.75) is 6.04 Å². The summed E-state index contributed by atoms with van der Waals surface area (Å²) < 4.78 is 13.4. The fourth-order valence-corrected chi connectivity index (χ4v) is 1.32. The van der Waals surface area contributed by atoms with Crippen molar-refractivity contribution >= 4 is 17.9 Å². The molecule has 17 heavy (non-hydrogen) atoms. The Kier molecular flexibility index (Phi) is 4.05. The highest BCUT2D eigenvalue weighted by Gasteiger charge is 2.39. The van der Waals surface area contributed by atoms with E-state index in [0.717, 1.165) is 21.3 Å². The number of esters is 3. The number of ether oxygens (including phenoxy) is 3. The number of carbonyl (C=O) groups is 3. The average molecular weight is 244 g/mol. The summed E-state index contributed by atoms with van der Waals surface area (Å²) in [5, 5.41) is 0. The minimum atomic E-state index is -1.11. The minimum absolute atomic E-state index is 0.172. The first-order chi connectivity index (χ1) is 8.06. The van der Waals surface area contributed by atoms with E-state index >= 15 is 0 Å². The molecular formula is C9H12N2O6. The van der Waals surface area contributed by atoms with Gasteiger partial charge in [0, 0.05) is 0 Å². The van der Waals surface area contributed by atoms with Crippen molar-refractivity contribution < 1.29 is 28.6 Å². The average Bonchev–Trinajstić information content (AvgIpc) is 2.80. The summed E-state index contributed by atoms with van der Waals surface area (Å²) in [7, 11) is 3.45. The van der Waals surface area contributed by atoms with Crippen LogP contribution in [0, 0.1) is 0 Å². The normalized spacial score (nSPS) is 18.4. The fraction of sp³-hybridized carbons (Fsp3) is 0.444. The molecule has 1 heterocycles. The van der Waals surface area contributed by atoms with Crippen LogP contribution >= 0.6 is 0 Å². The SMILES string of the molecule is COC(=O)C1=C(C(=O)OC)C(C(=O)OC)NN1. The Labute approximate surface area is 96.9 Å². The zero-order chi connectivity index (χ0) is 13.0. The third kappa shape index (κ3) is 2.36. The van der Waals surface area contributed by atoms with E-state index in [4.69, 9.17) is 0 Å². The number of rotatable bonds is 3. The van der Waals surface area contributed by atoms with Crippen LogP contribution < -0.4 is 10.9 Å². The monoisotopic (exact) mass is 244 g/mol. The largest absolute Gasteiger partial charge is 0.468 e. The smallest absolute Gasteiger partial charge is 0.356 e. The summed E-state index contributed by atoms with van der Waals surface area (Å²) in [6, 6.07) is -1.11. The van der Waals surface area contributed by atoms with Crippen LogP contribution in [0.4, 0.5) is 0 Å². The molecule has 1 atom stereocenters. The Bertz CT molecular complexity index is 389. The molecule has 1 unspecified atom stereocenters. The molecule has 0 radical (unpaired) electrons. The van der Waals surface area contributed by atoms with Gasteiger partial charge in [0.15, 0.2) is 6.04 Å². The van der Waals surface area contributed by atoms with Crippen LogP contribution in [0.3, 0.4) is 0 Å². The van der Waals surface area contributed by atoms with Crippen LogP contribution in [0.1, 0.15) is 0 Å². The summed E-state index contributed by atoms with van der Waals surface area (Å²) in [6.07, 6.45) is 0. The molecule has 0 aliphatic carbocycles. The van der Waals surface area contributed by atoms with Crippen molar-refractivity contribution in [2.75, 3.05) is 21.3 Å². The van der Waals surface area contributed by atoms with Gasteiger partial charge in [0.1, 0.15) is 5.70 Å². The first kappa shape index (κ1) is 13.0. The van der Waals surface area contributed by atoms with Gasteiger partial charge in [-0.1, -0.05) is 0 Å². The number of nitrogens with one attached hydrogen (secondary N) is 2. The van der Waals surface area contributed by atoms with Gasteiger partial charge < -0.3 is 19.6 Å². The van der Waals surface area contributed by atoms with Gasteiger partial charge in [0.2, 0.25) is 0 Å². The van der Waals surface area contributed by atoms with Crippen molar-refractivity contribution in [3.8, 4) is 0 Å². The molecule has 0 saturated heterocycles. The van der Waals surface area contributed by atoms with Crippen molar-refractivity contribution in [1.82, 2.24) is 10.9 Å². The molecular weight excluding hydrogens is 232 g/mol. The molecule has 0 fully saturated rings. The Morgan fingerprint density at radius 3 is 2.06 bits per heavy atom. The topological polar surface area (TPSA) is 103 Å². The zero-order valence-corrected chi connectivity index (χ0v) is 9.53. The second-order valence-corrected chi connectivity index (χ2v) is 3.00. The van der Waals surface area contributed by atoms with E-state index in [9.17, 15) is 14.4 Å².